The van der Waals surface area contributed by atoms with Gasteiger partial charge in [0.25, 0.3) is 0 Å². The highest BCUT2D eigenvalue weighted by Gasteiger charge is 2.13. The van der Waals surface area contributed by atoms with Crippen molar-refractivity contribution in [1.82, 2.24) is 9.97 Å². The zero-order valence-corrected chi connectivity index (χ0v) is 13.7. The van der Waals surface area contributed by atoms with E-state index in [-0.39, 0.29) is 5.97 Å². The summed E-state index contributed by atoms with van der Waals surface area (Å²) < 4.78 is 5.48. The average molecular weight is 360 g/mol. The van der Waals surface area contributed by atoms with E-state index in [1.807, 2.05) is 25.1 Å². The molecule has 0 aliphatic carbocycles. The van der Waals surface area contributed by atoms with Gasteiger partial charge in [-0.3, -0.25) is 0 Å². The van der Waals surface area contributed by atoms with E-state index in [2.05, 4.69) is 30.6 Å². The highest BCUT2D eigenvalue weighted by atomic mass is 79.9. The standard InChI is InChI=1S/C16H14BrN3O2/c1-8-7-11-14(12(17)13(8)18)20-15(19-11)9-3-5-10(6-4-9)16(21)22-2/h3-7H,18H2,1-2H3,(H,19,20). The van der Waals surface area contributed by atoms with Crippen molar-refractivity contribution in [2.24, 2.45) is 0 Å². The second kappa shape index (κ2) is 5.46. The summed E-state index contributed by atoms with van der Waals surface area (Å²) in [6.07, 6.45) is 0. The third-order valence-electron chi connectivity index (χ3n) is 3.54. The number of aromatic nitrogens is 2. The number of nitrogens with one attached hydrogen (secondary N) is 1. The first-order valence-electron chi connectivity index (χ1n) is 6.64. The maximum atomic E-state index is 11.5. The van der Waals surface area contributed by atoms with Crippen molar-refractivity contribution < 1.29 is 9.53 Å². The topological polar surface area (TPSA) is 81.0 Å². The Morgan fingerprint density at radius 3 is 2.64 bits per heavy atom. The van der Waals surface area contributed by atoms with E-state index in [1.165, 1.54) is 7.11 Å². The van der Waals surface area contributed by atoms with Crippen LogP contribution in [0.25, 0.3) is 22.4 Å². The minimum atomic E-state index is -0.359. The lowest BCUT2D eigenvalue weighted by atomic mass is 10.1. The van der Waals surface area contributed by atoms with E-state index >= 15 is 0 Å². The van der Waals surface area contributed by atoms with Gasteiger partial charge >= 0.3 is 5.97 Å². The highest BCUT2D eigenvalue weighted by molar-refractivity contribution is 9.10. The van der Waals surface area contributed by atoms with E-state index in [0.717, 1.165) is 32.5 Å². The van der Waals surface area contributed by atoms with Crippen molar-refractivity contribution in [3.05, 3.63) is 45.9 Å². The van der Waals surface area contributed by atoms with E-state index < -0.39 is 0 Å². The molecule has 0 saturated carbocycles. The van der Waals surface area contributed by atoms with Gasteiger partial charge in [-0.05, 0) is 46.6 Å². The van der Waals surface area contributed by atoms with Crippen LogP contribution in [-0.4, -0.2) is 23.0 Å². The minimum absolute atomic E-state index is 0.359. The lowest BCUT2D eigenvalue weighted by molar-refractivity contribution is 0.0601. The molecule has 112 valence electrons. The van der Waals surface area contributed by atoms with Crippen LogP contribution in [0.15, 0.2) is 34.8 Å². The number of hydrogen-bond donors (Lipinski definition) is 2. The second-order valence-electron chi connectivity index (χ2n) is 4.97. The summed E-state index contributed by atoms with van der Waals surface area (Å²) >= 11 is 3.49. The number of aromatic amines is 1. The molecule has 0 atom stereocenters. The number of imidazole rings is 1. The first-order valence-corrected chi connectivity index (χ1v) is 7.43. The van der Waals surface area contributed by atoms with Crippen molar-refractivity contribution in [3.63, 3.8) is 0 Å². The maximum Gasteiger partial charge on any atom is 0.337 e. The average Bonchev–Trinajstić information content (AvgIpc) is 2.96. The molecule has 0 fully saturated rings. The van der Waals surface area contributed by atoms with Crippen molar-refractivity contribution in [3.8, 4) is 11.4 Å². The molecular formula is C16H14BrN3O2. The minimum Gasteiger partial charge on any atom is -0.465 e. The third kappa shape index (κ3) is 2.35. The molecule has 0 bridgehead atoms. The predicted octanol–water partition coefficient (Wildman–Crippen LogP) is 3.67. The van der Waals surface area contributed by atoms with Crippen LogP contribution in [0.2, 0.25) is 0 Å². The number of ether oxygens (including phenoxy) is 1. The number of esters is 1. The summed E-state index contributed by atoms with van der Waals surface area (Å²) in [5.41, 5.74) is 10.8. The van der Waals surface area contributed by atoms with Crippen LogP contribution in [0.1, 0.15) is 15.9 Å². The fourth-order valence-corrected chi connectivity index (χ4v) is 2.89. The Hall–Kier alpha value is -2.34. The summed E-state index contributed by atoms with van der Waals surface area (Å²) in [5, 5.41) is 0. The number of carbonyl (C=O) groups excluding carboxylic acids is 1. The molecule has 2 aromatic carbocycles. The molecule has 0 amide bonds. The van der Waals surface area contributed by atoms with Crippen LogP contribution in [-0.2, 0) is 4.74 Å². The normalized spacial score (nSPS) is 10.9. The fraction of sp³-hybridized carbons (Fsp3) is 0.125. The number of rotatable bonds is 2. The van der Waals surface area contributed by atoms with Crippen LogP contribution in [0, 0.1) is 6.92 Å². The van der Waals surface area contributed by atoms with Crippen LogP contribution in [0.3, 0.4) is 0 Å². The first kappa shape index (κ1) is 14.6. The summed E-state index contributed by atoms with van der Waals surface area (Å²) in [7, 11) is 1.36. The number of nitrogens with two attached hydrogens (primary N) is 1. The third-order valence-corrected chi connectivity index (χ3v) is 4.34. The van der Waals surface area contributed by atoms with Gasteiger partial charge in [0.15, 0.2) is 0 Å². The molecule has 3 N–H and O–H groups in total. The number of halogens is 1. The number of anilines is 1. The molecule has 0 unspecified atom stereocenters. The number of fused-ring (bicyclic) bond motifs is 1. The number of methoxy groups -OCH3 is 1. The van der Waals surface area contributed by atoms with E-state index in [1.54, 1.807) is 12.1 Å². The second-order valence-corrected chi connectivity index (χ2v) is 5.76. The summed E-state index contributed by atoms with van der Waals surface area (Å²) in [6, 6.07) is 9.04. The van der Waals surface area contributed by atoms with Crippen molar-refractivity contribution in [2.45, 2.75) is 6.92 Å². The van der Waals surface area contributed by atoms with Crippen LogP contribution >= 0.6 is 15.9 Å². The van der Waals surface area contributed by atoms with Crippen LogP contribution in [0.5, 0.6) is 0 Å². The number of benzene rings is 2. The zero-order valence-electron chi connectivity index (χ0n) is 12.1. The van der Waals surface area contributed by atoms with E-state index in [9.17, 15) is 4.79 Å². The highest BCUT2D eigenvalue weighted by Crippen LogP contribution is 2.32. The first-order chi connectivity index (χ1) is 10.5. The van der Waals surface area contributed by atoms with Gasteiger partial charge in [-0.1, -0.05) is 12.1 Å². The van der Waals surface area contributed by atoms with Gasteiger partial charge in [-0.25, -0.2) is 9.78 Å². The number of nitrogen functional groups attached to an aromatic ring is 1. The lowest BCUT2D eigenvalue weighted by Crippen LogP contribution is -2.00. The Morgan fingerprint density at radius 2 is 2.00 bits per heavy atom. The molecule has 1 heterocycles. The molecule has 0 aliphatic rings. The molecule has 0 radical (unpaired) electrons. The SMILES string of the molecule is COC(=O)c1ccc(-c2nc3c(Br)c(N)c(C)cc3[nH]2)cc1. The van der Waals surface area contributed by atoms with Gasteiger partial charge in [0.05, 0.1) is 28.4 Å². The van der Waals surface area contributed by atoms with Gasteiger partial charge < -0.3 is 15.5 Å². The van der Waals surface area contributed by atoms with Crippen LogP contribution in [0.4, 0.5) is 5.69 Å². The lowest BCUT2D eigenvalue weighted by Gasteiger charge is -2.02. The number of hydrogen-bond acceptors (Lipinski definition) is 4. The number of aryl methyl sites for hydroxylation is 1. The predicted molar refractivity (Wildman–Crippen MR) is 89.7 cm³/mol. The number of nitrogens with zero attached hydrogens (tertiary/aromatic N) is 1. The van der Waals surface area contributed by atoms with Gasteiger partial charge in [0, 0.05) is 5.56 Å². The Kier molecular flexibility index (Phi) is 3.62. The van der Waals surface area contributed by atoms with Crippen LogP contribution < -0.4 is 5.73 Å². The molecule has 1 aromatic heterocycles. The molecule has 3 aromatic rings. The Bertz CT molecular complexity index is 869. The Labute approximate surface area is 135 Å². The number of H-pyrrole nitrogens is 1. The smallest absolute Gasteiger partial charge is 0.337 e. The van der Waals surface area contributed by atoms with Gasteiger partial charge in [-0.2, -0.15) is 0 Å². The maximum absolute atomic E-state index is 11.5. The zero-order chi connectivity index (χ0) is 15.9. The molecule has 0 spiro atoms. The molecule has 0 aliphatic heterocycles. The molecule has 0 saturated heterocycles. The van der Waals surface area contributed by atoms with Crippen molar-refractivity contribution in [2.75, 3.05) is 12.8 Å². The summed E-state index contributed by atoms with van der Waals surface area (Å²) in [5.74, 6) is 0.361. The molecule has 6 heteroatoms. The Morgan fingerprint density at radius 1 is 1.32 bits per heavy atom. The fourth-order valence-electron chi connectivity index (χ4n) is 2.27. The molecular weight excluding hydrogens is 346 g/mol. The quantitative estimate of drug-likeness (QED) is 0.540. The van der Waals surface area contributed by atoms with Crippen molar-refractivity contribution in [1.29, 1.82) is 0 Å². The summed E-state index contributed by atoms with van der Waals surface area (Å²) in [4.78, 5) is 19.3. The molecule has 22 heavy (non-hydrogen) atoms. The monoisotopic (exact) mass is 359 g/mol. The molecule has 3 rings (SSSR count). The Balaban J connectivity index is 2.07. The van der Waals surface area contributed by atoms with E-state index in [4.69, 9.17) is 5.73 Å². The van der Waals surface area contributed by atoms with Crippen molar-refractivity contribution >= 4 is 38.6 Å². The largest absolute Gasteiger partial charge is 0.465 e. The van der Waals surface area contributed by atoms with Gasteiger partial charge in [-0.15, -0.1) is 0 Å². The van der Waals surface area contributed by atoms with E-state index in [0.29, 0.717) is 11.3 Å². The summed E-state index contributed by atoms with van der Waals surface area (Å²) in [6.45, 7) is 1.95. The van der Waals surface area contributed by atoms with Gasteiger partial charge in [0.1, 0.15) is 11.3 Å². The molecule has 5 nitrogen and oxygen atoms in total. The number of carbonyl (C=O) groups is 1. The van der Waals surface area contributed by atoms with Gasteiger partial charge in [0.2, 0.25) is 0 Å².